The molecule has 0 spiro atoms. The molecule has 2 amide bonds. The van der Waals surface area contributed by atoms with Gasteiger partial charge in [0.25, 0.3) is 5.91 Å². The molecular weight excluding hydrogens is 377 g/mol. The van der Waals surface area contributed by atoms with Crippen LogP contribution >= 0.6 is 11.8 Å². The van der Waals surface area contributed by atoms with E-state index in [1.807, 2.05) is 16.7 Å². The molecule has 1 N–H and O–H groups in total. The lowest BCUT2D eigenvalue weighted by atomic mass is 10.1. The number of nitrogens with zero attached hydrogens (tertiary/aromatic N) is 2. The summed E-state index contributed by atoms with van der Waals surface area (Å²) in [7, 11) is 1.76. The van der Waals surface area contributed by atoms with Gasteiger partial charge in [0.05, 0.1) is 6.54 Å². The highest BCUT2D eigenvalue weighted by Gasteiger charge is 2.19. The van der Waals surface area contributed by atoms with Crippen LogP contribution in [0.5, 0.6) is 0 Å². The predicted molar refractivity (Wildman–Crippen MR) is 111 cm³/mol. The van der Waals surface area contributed by atoms with Gasteiger partial charge >= 0.3 is 0 Å². The van der Waals surface area contributed by atoms with Gasteiger partial charge in [-0.3, -0.25) is 14.5 Å². The lowest BCUT2D eigenvalue weighted by Crippen LogP contribution is -2.37. The maximum absolute atomic E-state index is 13.7. The minimum Gasteiger partial charge on any atom is -0.337 e. The van der Waals surface area contributed by atoms with Gasteiger partial charge in [0.1, 0.15) is 5.82 Å². The molecule has 1 heterocycles. The summed E-state index contributed by atoms with van der Waals surface area (Å²) in [6.07, 6.45) is 0. The lowest BCUT2D eigenvalue weighted by molar-refractivity contribution is -0.117. The van der Waals surface area contributed by atoms with E-state index in [4.69, 9.17) is 0 Å². The molecule has 1 saturated heterocycles. The number of halogens is 1. The monoisotopic (exact) mass is 401 g/mol. The summed E-state index contributed by atoms with van der Waals surface area (Å²) in [4.78, 5) is 28.5. The predicted octanol–water partition coefficient (Wildman–Crippen LogP) is 3.09. The molecule has 0 atom stereocenters. The van der Waals surface area contributed by atoms with Gasteiger partial charge in [0, 0.05) is 48.0 Å². The maximum atomic E-state index is 13.7. The molecule has 0 bridgehead atoms. The molecule has 3 rings (SSSR count). The zero-order valence-corrected chi connectivity index (χ0v) is 16.7. The fourth-order valence-electron chi connectivity index (χ4n) is 3.10. The van der Waals surface area contributed by atoms with Crippen LogP contribution in [-0.4, -0.2) is 59.8 Å². The maximum Gasteiger partial charge on any atom is 0.253 e. The second kappa shape index (κ2) is 9.71. The third-order valence-electron chi connectivity index (χ3n) is 4.50. The summed E-state index contributed by atoms with van der Waals surface area (Å²) in [6.45, 7) is 1.96. The van der Waals surface area contributed by atoms with Gasteiger partial charge in [0.15, 0.2) is 0 Å². The Bertz CT molecular complexity index is 840. The molecule has 0 saturated carbocycles. The van der Waals surface area contributed by atoms with Crippen molar-refractivity contribution in [2.45, 2.75) is 6.54 Å². The number of amides is 2. The summed E-state index contributed by atoms with van der Waals surface area (Å²) >= 11 is 1.85. The van der Waals surface area contributed by atoms with Crippen LogP contribution in [0.3, 0.4) is 0 Å². The van der Waals surface area contributed by atoms with E-state index >= 15 is 0 Å². The van der Waals surface area contributed by atoms with E-state index in [-0.39, 0.29) is 24.2 Å². The fraction of sp³-hybridized carbons (Fsp3) is 0.333. The van der Waals surface area contributed by atoms with Crippen molar-refractivity contribution in [1.29, 1.82) is 0 Å². The van der Waals surface area contributed by atoms with Crippen molar-refractivity contribution in [3.05, 3.63) is 65.5 Å². The number of thioether (sulfide) groups is 1. The highest BCUT2D eigenvalue weighted by atomic mass is 32.2. The zero-order valence-electron chi connectivity index (χ0n) is 15.9. The molecule has 0 aliphatic carbocycles. The molecule has 28 heavy (non-hydrogen) atoms. The van der Waals surface area contributed by atoms with Gasteiger partial charge in [-0.15, -0.1) is 0 Å². The van der Waals surface area contributed by atoms with E-state index < -0.39 is 0 Å². The number of carbonyl (C=O) groups is 2. The van der Waals surface area contributed by atoms with E-state index in [1.165, 1.54) is 6.07 Å². The van der Waals surface area contributed by atoms with Crippen molar-refractivity contribution >= 4 is 29.3 Å². The molecule has 5 nitrogen and oxygen atoms in total. The van der Waals surface area contributed by atoms with Crippen LogP contribution in [0.2, 0.25) is 0 Å². The minimum absolute atomic E-state index is 0.00642. The van der Waals surface area contributed by atoms with Crippen molar-refractivity contribution in [3.8, 4) is 0 Å². The zero-order chi connectivity index (χ0) is 19.9. The first-order valence-electron chi connectivity index (χ1n) is 9.22. The molecule has 1 aliphatic heterocycles. The number of hydrogen-bond donors (Lipinski definition) is 1. The minimum atomic E-state index is -0.280. The van der Waals surface area contributed by atoms with Crippen molar-refractivity contribution in [2.24, 2.45) is 0 Å². The molecule has 0 aromatic heterocycles. The Kier molecular flexibility index (Phi) is 7.06. The first kappa shape index (κ1) is 20.4. The number of benzene rings is 2. The third-order valence-corrected chi connectivity index (χ3v) is 5.45. The van der Waals surface area contributed by atoms with Gasteiger partial charge in [-0.1, -0.05) is 24.3 Å². The molecule has 0 unspecified atom stereocenters. The largest absolute Gasteiger partial charge is 0.337 e. The van der Waals surface area contributed by atoms with E-state index in [2.05, 4.69) is 5.32 Å². The van der Waals surface area contributed by atoms with Gasteiger partial charge in [-0.05, 0) is 31.3 Å². The molecule has 0 radical (unpaired) electrons. The Hall–Kier alpha value is -2.38. The molecule has 2 aromatic carbocycles. The second-order valence-corrected chi connectivity index (χ2v) is 8.02. The summed E-state index contributed by atoms with van der Waals surface area (Å²) in [5.41, 5.74) is 1.70. The molecular formula is C21H24FN3O2S. The molecule has 2 aromatic rings. The Labute approximate surface area is 168 Å². The molecule has 1 fully saturated rings. The van der Waals surface area contributed by atoms with Crippen molar-refractivity contribution in [2.75, 3.05) is 43.5 Å². The second-order valence-electron chi connectivity index (χ2n) is 6.80. The molecule has 148 valence electrons. The van der Waals surface area contributed by atoms with E-state index in [0.29, 0.717) is 23.4 Å². The van der Waals surface area contributed by atoms with Crippen LogP contribution in [0.15, 0.2) is 48.5 Å². The average Bonchev–Trinajstić information content (AvgIpc) is 2.70. The fourth-order valence-corrected chi connectivity index (χ4v) is 4.00. The van der Waals surface area contributed by atoms with Gasteiger partial charge in [-0.2, -0.15) is 11.8 Å². The lowest BCUT2D eigenvalue weighted by Gasteiger charge is -2.26. The van der Waals surface area contributed by atoms with Crippen molar-refractivity contribution in [3.63, 3.8) is 0 Å². The van der Waals surface area contributed by atoms with Crippen LogP contribution in [0.25, 0.3) is 0 Å². The average molecular weight is 402 g/mol. The summed E-state index contributed by atoms with van der Waals surface area (Å²) in [6, 6.07) is 13.5. The number of carbonyl (C=O) groups excluding carboxylic acids is 2. The van der Waals surface area contributed by atoms with E-state index in [9.17, 15) is 14.0 Å². The number of anilines is 1. The molecule has 1 aliphatic rings. The highest BCUT2D eigenvalue weighted by Crippen LogP contribution is 2.16. The van der Waals surface area contributed by atoms with Gasteiger partial charge in [-0.25, -0.2) is 4.39 Å². The summed E-state index contributed by atoms with van der Waals surface area (Å²) in [5.74, 6) is 1.41. The van der Waals surface area contributed by atoms with E-state index in [1.54, 1.807) is 54.4 Å². The van der Waals surface area contributed by atoms with Crippen LogP contribution < -0.4 is 5.32 Å². The normalized spacial score (nSPS) is 14.2. The highest BCUT2D eigenvalue weighted by molar-refractivity contribution is 7.99. The smallest absolute Gasteiger partial charge is 0.253 e. The summed E-state index contributed by atoms with van der Waals surface area (Å²) in [5, 5.41) is 2.82. The number of hydrogen-bond acceptors (Lipinski definition) is 4. The van der Waals surface area contributed by atoms with Crippen LogP contribution in [-0.2, 0) is 11.3 Å². The number of rotatable bonds is 6. The Morgan fingerprint density at radius 2 is 1.89 bits per heavy atom. The van der Waals surface area contributed by atoms with E-state index in [0.717, 1.165) is 24.6 Å². The Morgan fingerprint density at radius 3 is 2.64 bits per heavy atom. The Morgan fingerprint density at radius 1 is 1.14 bits per heavy atom. The number of likely N-dealkylation sites (N-methyl/N-ethyl adjacent to an activating group) is 1. The molecule has 7 heteroatoms. The van der Waals surface area contributed by atoms with Crippen molar-refractivity contribution < 1.29 is 14.0 Å². The standard InChI is InChI=1S/C21H24FN3O2S/c1-24(14-17-5-2-3-8-19(17)22)15-20(26)23-18-7-4-6-16(13-18)21(27)25-9-11-28-12-10-25/h2-8,13H,9-12,14-15H2,1H3,(H,23,26). The quantitative estimate of drug-likeness (QED) is 0.808. The third kappa shape index (κ3) is 5.56. The Balaban J connectivity index is 1.56. The SMILES string of the molecule is CN(CC(=O)Nc1cccc(C(=O)N2CCSCC2)c1)Cc1ccccc1F. The van der Waals surface area contributed by atoms with Gasteiger partial charge < -0.3 is 10.2 Å². The first-order valence-corrected chi connectivity index (χ1v) is 10.4. The van der Waals surface area contributed by atoms with Crippen LogP contribution in [0.4, 0.5) is 10.1 Å². The van der Waals surface area contributed by atoms with Crippen LogP contribution in [0, 0.1) is 5.82 Å². The first-order chi connectivity index (χ1) is 13.5. The van der Waals surface area contributed by atoms with Crippen molar-refractivity contribution in [1.82, 2.24) is 9.80 Å². The summed E-state index contributed by atoms with van der Waals surface area (Å²) < 4.78 is 13.7. The number of nitrogens with one attached hydrogen (secondary N) is 1. The van der Waals surface area contributed by atoms with Gasteiger partial charge in [0.2, 0.25) is 5.91 Å². The van der Waals surface area contributed by atoms with Crippen LogP contribution in [0.1, 0.15) is 15.9 Å². The topological polar surface area (TPSA) is 52.7 Å².